The van der Waals surface area contributed by atoms with Gasteiger partial charge < -0.3 is 14.8 Å². The van der Waals surface area contributed by atoms with Crippen LogP contribution in [0.1, 0.15) is 16.7 Å². The number of halogens is 1. The normalized spacial score (nSPS) is 10.8. The van der Waals surface area contributed by atoms with Gasteiger partial charge in [-0.15, -0.1) is 0 Å². The Morgan fingerprint density at radius 3 is 2.46 bits per heavy atom. The number of hydrogen-bond acceptors (Lipinski definition) is 4. The minimum atomic E-state index is -0.504. The number of ether oxygens (including phenoxy) is 2. The van der Waals surface area contributed by atoms with Crippen LogP contribution in [0, 0.1) is 25.2 Å². The summed E-state index contributed by atoms with van der Waals surface area (Å²) in [7, 11) is 2.98. The van der Waals surface area contributed by atoms with Gasteiger partial charge in [0.15, 0.2) is 0 Å². The Labute approximate surface area is 157 Å². The Morgan fingerprint density at radius 1 is 1.15 bits per heavy atom. The van der Waals surface area contributed by atoms with Crippen molar-refractivity contribution in [1.82, 2.24) is 0 Å². The molecule has 1 amide bonds. The van der Waals surface area contributed by atoms with Crippen LogP contribution >= 0.6 is 11.6 Å². The minimum Gasteiger partial charge on any atom is -0.496 e. The van der Waals surface area contributed by atoms with Crippen LogP contribution in [-0.4, -0.2) is 20.1 Å². The van der Waals surface area contributed by atoms with Gasteiger partial charge in [-0.25, -0.2) is 0 Å². The Bertz CT molecular complexity index is 914. The molecule has 0 saturated carbocycles. The summed E-state index contributed by atoms with van der Waals surface area (Å²) in [6.45, 7) is 3.82. The summed E-state index contributed by atoms with van der Waals surface area (Å²) in [4.78, 5) is 12.5. The van der Waals surface area contributed by atoms with Gasteiger partial charge in [-0.05, 0) is 43.2 Å². The number of carbonyl (C=O) groups excluding carboxylic acids is 1. The maximum absolute atomic E-state index is 12.5. The number of nitriles is 1. The van der Waals surface area contributed by atoms with E-state index in [0.717, 1.165) is 11.1 Å². The lowest BCUT2D eigenvalue weighted by molar-refractivity contribution is -0.112. The molecule has 0 aromatic heterocycles. The Balaban J connectivity index is 2.38. The van der Waals surface area contributed by atoms with Gasteiger partial charge >= 0.3 is 0 Å². The molecule has 2 aromatic carbocycles. The fourth-order valence-electron chi connectivity index (χ4n) is 2.36. The highest BCUT2D eigenvalue weighted by Gasteiger charge is 2.14. The van der Waals surface area contributed by atoms with Crippen LogP contribution in [0.25, 0.3) is 6.08 Å². The van der Waals surface area contributed by atoms with E-state index in [1.807, 2.05) is 38.1 Å². The minimum absolute atomic E-state index is 0.0644. The smallest absolute Gasteiger partial charge is 0.266 e. The topological polar surface area (TPSA) is 71.3 Å². The zero-order valence-electron chi connectivity index (χ0n) is 15.0. The molecule has 0 radical (unpaired) electrons. The van der Waals surface area contributed by atoms with Gasteiger partial charge in [0.05, 0.1) is 19.2 Å². The van der Waals surface area contributed by atoms with Gasteiger partial charge in [0.2, 0.25) is 0 Å². The summed E-state index contributed by atoms with van der Waals surface area (Å²) in [6.07, 6.45) is 1.44. The predicted molar refractivity (Wildman–Crippen MR) is 103 cm³/mol. The van der Waals surface area contributed by atoms with E-state index in [2.05, 4.69) is 5.32 Å². The maximum Gasteiger partial charge on any atom is 0.266 e. The summed E-state index contributed by atoms with van der Waals surface area (Å²) < 4.78 is 10.4. The Hall–Kier alpha value is -2.97. The van der Waals surface area contributed by atoms with Gasteiger partial charge in [0, 0.05) is 17.3 Å². The van der Waals surface area contributed by atoms with E-state index >= 15 is 0 Å². The van der Waals surface area contributed by atoms with Crippen LogP contribution in [0.2, 0.25) is 5.02 Å². The van der Waals surface area contributed by atoms with E-state index in [0.29, 0.717) is 27.8 Å². The van der Waals surface area contributed by atoms with Crippen molar-refractivity contribution < 1.29 is 14.3 Å². The van der Waals surface area contributed by atoms with Crippen LogP contribution in [0.15, 0.2) is 35.9 Å². The lowest BCUT2D eigenvalue weighted by Gasteiger charge is -2.11. The molecule has 6 heteroatoms. The molecule has 0 aliphatic heterocycles. The molecule has 0 saturated heterocycles. The molecule has 0 bridgehead atoms. The molecule has 2 aromatic rings. The molecule has 0 aliphatic carbocycles. The fourth-order valence-corrected chi connectivity index (χ4v) is 2.61. The molecular weight excluding hydrogens is 352 g/mol. The zero-order chi connectivity index (χ0) is 19.3. The number of methoxy groups -OCH3 is 2. The van der Waals surface area contributed by atoms with Crippen molar-refractivity contribution in [2.75, 3.05) is 19.5 Å². The first-order valence-corrected chi connectivity index (χ1v) is 8.19. The van der Waals surface area contributed by atoms with Gasteiger partial charge in [-0.1, -0.05) is 23.7 Å². The van der Waals surface area contributed by atoms with Crippen LogP contribution in [0.5, 0.6) is 11.5 Å². The van der Waals surface area contributed by atoms with Crippen molar-refractivity contribution in [3.05, 3.63) is 57.6 Å². The summed E-state index contributed by atoms with van der Waals surface area (Å²) in [5, 5.41) is 12.5. The molecular formula is C20H19ClN2O3. The molecule has 0 aliphatic rings. The van der Waals surface area contributed by atoms with Gasteiger partial charge in [0.1, 0.15) is 23.1 Å². The number of amides is 1. The largest absolute Gasteiger partial charge is 0.496 e. The molecule has 26 heavy (non-hydrogen) atoms. The molecule has 5 nitrogen and oxygen atoms in total. The first kappa shape index (κ1) is 19.4. The summed E-state index contributed by atoms with van der Waals surface area (Å²) in [6, 6.07) is 10.8. The number of hydrogen-bond donors (Lipinski definition) is 1. The molecule has 0 spiro atoms. The second kappa shape index (κ2) is 8.41. The Kier molecular flexibility index (Phi) is 6.26. The molecule has 0 unspecified atom stereocenters. The van der Waals surface area contributed by atoms with Crippen LogP contribution in [0.4, 0.5) is 5.69 Å². The molecule has 134 valence electrons. The first-order valence-electron chi connectivity index (χ1n) is 7.81. The van der Waals surface area contributed by atoms with Crippen LogP contribution < -0.4 is 14.8 Å². The highest BCUT2D eigenvalue weighted by atomic mass is 35.5. The zero-order valence-corrected chi connectivity index (χ0v) is 15.8. The van der Waals surface area contributed by atoms with E-state index in [4.69, 9.17) is 21.1 Å². The number of nitrogens with zero attached hydrogens (tertiary/aromatic N) is 1. The summed E-state index contributed by atoms with van der Waals surface area (Å²) in [5.74, 6) is 0.382. The predicted octanol–water partition coefficient (Wildman–Crippen LogP) is 4.52. The molecule has 0 heterocycles. The first-order chi connectivity index (χ1) is 12.4. The molecule has 0 fully saturated rings. The second-order valence-corrected chi connectivity index (χ2v) is 6.08. The van der Waals surface area contributed by atoms with E-state index in [-0.39, 0.29) is 5.57 Å². The highest BCUT2D eigenvalue weighted by Crippen LogP contribution is 2.33. The number of anilines is 1. The van der Waals surface area contributed by atoms with Crippen LogP contribution in [-0.2, 0) is 4.79 Å². The van der Waals surface area contributed by atoms with E-state index in [9.17, 15) is 10.1 Å². The third kappa shape index (κ3) is 4.35. The average Bonchev–Trinajstić information content (AvgIpc) is 2.62. The van der Waals surface area contributed by atoms with E-state index < -0.39 is 5.91 Å². The van der Waals surface area contributed by atoms with Gasteiger partial charge in [0.25, 0.3) is 5.91 Å². The third-order valence-electron chi connectivity index (χ3n) is 3.81. The molecule has 0 atom stereocenters. The SMILES string of the molecule is COc1cc(OC)c(/C=C(\C#N)C(=O)Nc2cc(C)ccc2C)cc1Cl. The lowest BCUT2D eigenvalue weighted by Crippen LogP contribution is -2.14. The quantitative estimate of drug-likeness (QED) is 0.620. The number of aryl methyl sites for hydroxylation is 2. The van der Waals surface area contributed by atoms with Crippen molar-refractivity contribution in [1.29, 1.82) is 5.26 Å². The number of rotatable bonds is 5. The van der Waals surface area contributed by atoms with Crippen molar-refractivity contribution in [2.24, 2.45) is 0 Å². The van der Waals surface area contributed by atoms with Gasteiger partial charge in [-0.2, -0.15) is 5.26 Å². The van der Waals surface area contributed by atoms with Gasteiger partial charge in [-0.3, -0.25) is 4.79 Å². The van der Waals surface area contributed by atoms with Crippen LogP contribution in [0.3, 0.4) is 0 Å². The number of benzene rings is 2. The highest BCUT2D eigenvalue weighted by molar-refractivity contribution is 6.32. The third-order valence-corrected chi connectivity index (χ3v) is 4.11. The standard InChI is InChI=1S/C20H19ClN2O3/c1-12-5-6-13(2)17(7-12)23-20(24)15(11-22)8-14-9-16(21)19(26-4)10-18(14)25-3/h5-10H,1-4H3,(H,23,24)/b15-8+. The van der Waals surface area contributed by atoms with Crippen molar-refractivity contribution in [2.45, 2.75) is 13.8 Å². The number of carbonyl (C=O) groups is 1. The second-order valence-electron chi connectivity index (χ2n) is 5.67. The maximum atomic E-state index is 12.5. The fraction of sp³-hybridized carbons (Fsp3) is 0.200. The summed E-state index contributed by atoms with van der Waals surface area (Å²) >= 11 is 6.14. The monoisotopic (exact) mass is 370 g/mol. The van der Waals surface area contributed by atoms with Crippen molar-refractivity contribution in [3.8, 4) is 17.6 Å². The molecule has 2 rings (SSSR count). The lowest BCUT2D eigenvalue weighted by atomic mass is 10.1. The average molecular weight is 371 g/mol. The van der Waals surface area contributed by atoms with E-state index in [1.54, 1.807) is 12.1 Å². The van der Waals surface area contributed by atoms with E-state index in [1.165, 1.54) is 20.3 Å². The van der Waals surface area contributed by atoms with Crippen molar-refractivity contribution >= 4 is 29.3 Å². The summed E-state index contributed by atoms with van der Waals surface area (Å²) in [5.41, 5.74) is 3.02. The Morgan fingerprint density at radius 2 is 1.85 bits per heavy atom. The number of nitrogens with one attached hydrogen (secondary N) is 1. The molecule has 1 N–H and O–H groups in total. The van der Waals surface area contributed by atoms with Crippen molar-refractivity contribution in [3.63, 3.8) is 0 Å².